The molecule has 0 unspecified atom stereocenters. The van der Waals surface area contributed by atoms with E-state index < -0.39 is 11.5 Å². The molecule has 2 aliphatic carbocycles. The van der Waals surface area contributed by atoms with E-state index in [4.69, 9.17) is 4.74 Å². The molecule has 4 rings (SSSR count). The molecule has 3 fully saturated rings. The van der Waals surface area contributed by atoms with Crippen molar-refractivity contribution in [1.29, 1.82) is 0 Å². The lowest BCUT2D eigenvalue weighted by Gasteiger charge is -2.40. The highest BCUT2D eigenvalue weighted by atomic mass is 19.3. The molecule has 0 atom stereocenters. The number of hydrogen-bond acceptors (Lipinski definition) is 5. The van der Waals surface area contributed by atoms with Crippen LogP contribution in [0.25, 0.3) is 0 Å². The first-order chi connectivity index (χ1) is 11.9. The quantitative estimate of drug-likeness (QED) is 0.779. The highest BCUT2D eigenvalue weighted by Gasteiger charge is 2.46. The molecular weight excluding hydrogens is 332 g/mol. The third-order valence-corrected chi connectivity index (χ3v) is 4.97. The molecule has 1 saturated heterocycles. The smallest absolute Gasteiger partial charge is 0.282 e. The fourth-order valence-corrected chi connectivity index (χ4v) is 2.86. The Morgan fingerprint density at radius 1 is 1.40 bits per heavy atom. The van der Waals surface area contributed by atoms with Gasteiger partial charge in [-0.1, -0.05) is 0 Å². The Morgan fingerprint density at radius 2 is 2.12 bits per heavy atom. The zero-order valence-electron chi connectivity index (χ0n) is 13.8. The van der Waals surface area contributed by atoms with Crippen LogP contribution in [0, 0.1) is 5.92 Å². The number of ether oxygens (including phenoxy) is 1. The molecule has 0 aromatic carbocycles. The molecule has 8 heteroatoms. The third kappa shape index (κ3) is 3.53. The van der Waals surface area contributed by atoms with Gasteiger partial charge in [-0.25, -0.2) is 13.8 Å². The number of aromatic nitrogens is 1. The SMILES string of the molecule is O=C(NC1(CO)CC1)c1cc(OCC2CC2)c(N2CC(F)(F)C2)cn1. The van der Waals surface area contributed by atoms with Gasteiger partial charge in [-0.15, -0.1) is 0 Å². The number of halogens is 2. The van der Waals surface area contributed by atoms with Crippen LogP contribution in [0.2, 0.25) is 0 Å². The third-order valence-electron chi connectivity index (χ3n) is 4.97. The van der Waals surface area contributed by atoms with Crippen LogP contribution in [0.1, 0.15) is 36.2 Å². The molecule has 1 amide bonds. The summed E-state index contributed by atoms with van der Waals surface area (Å²) in [6.07, 6.45) is 5.11. The number of anilines is 1. The first-order valence-corrected chi connectivity index (χ1v) is 8.59. The van der Waals surface area contributed by atoms with Gasteiger partial charge in [-0.05, 0) is 31.6 Å². The fourth-order valence-electron chi connectivity index (χ4n) is 2.86. The predicted octanol–water partition coefficient (Wildman–Crippen LogP) is 1.58. The lowest BCUT2D eigenvalue weighted by molar-refractivity contribution is -0.0265. The summed E-state index contributed by atoms with van der Waals surface area (Å²) in [6, 6.07) is 1.51. The molecule has 2 heterocycles. The molecule has 0 spiro atoms. The molecule has 1 aromatic rings. The molecule has 6 nitrogen and oxygen atoms in total. The van der Waals surface area contributed by atoms with Crippen LogP contribution in [0.3, 0.4) is 0 Å². The number of aliphatic hydroxyl groups excluding tert-OH is 1. The van der Waals surface area contributed by atoms with Gasteiger partial charge in [0, 0.05) is 6.07 Å². The zero-order chi connectivity index (χ0) is 17.7. The first-order valence-electron chi connectivity index (χ1n) is 8.59. The average molecular weight is 353 g/mol. The van der Waals surface area contributed by atoms with Gasteiger partial charge in [0.15, 0.2) is 0 Å². The van der Waals surface area contributed by atoms with Gasteiger partial charge in [-0.2, -0.15) is 0 Å². The molecule has 136 valence electrons. The molecule has 2 saturated carbocycles. The number of pyridine rings is 1. The lowest BCUT2D eigenvalue weighted by Crippen LogP contribution is -2.56. The summed E-state index contributed by atoms with van der Waals surface area (Å²) in [5.74, 6) is -2.16. The van der Waals surface area contributed by atoms with E-state index in [2.05, 4.69) is 10.3 Å². The maximum Gasteiger partial charge on any atom is 0.282 e. The van der Waals surface area contributed by atoms with Crippen LogP contribution >= 0.6 is 0 Å². The van der Waals surface area contributed by atoms with E-state index in [1.54, 1.807) is 0 Å². The number of amides is 1. The molecule has 3 aliphatic rings. The maximum absolute atomic E-state index is 13.2. The molecule has 2 N–H and O–H groups in total. The van der Waals surface area contributed by atoms with Crippen molar-refractivity contribution >= 4 is 11.6 Å². The number of nitrogens with zero attached hydrogens (tertiary/aromatic N) is 2. The van der Waals surface area contributed by atoms with E-state index in [-0.39, 0.29) is 31.3 Å². The normalized spacial score (nSPS) is 22.9. The van der Waals surface area contributed by atoms with Crippen molar-refractivity contribution in [2.45, 2.75) is 37.1 Å². The van der Waals surface area contributed by atoms with Crippen LogP contribution in [0.15, 0.2) is 12.3 Å². The van der Waals surface area contributed by atoms with Crippen molar-refractivity contribution in [2.75, 3.05) is 31.2 Å². The van der Waals surface area contributed by atoms with Gasteiger partial charge in [0.25, 0.3) is 11.8 Å². The van der Waals surface area contributed by atoms with E-state index in [0.29, 0.717) is 24.0 Å². The molecule has 1 aliphatic heterocycles. The fraction of sp³-hybridized carbons (Fsp3) is 0.647. The largest absolute Gasteiger partial charge is 0.491 e. The predicted molar refractivity (Wildman–Crippen MR) is 86.1 cm³/mol. The number of carbonyl (C=O) groups excluding carboxylic acids is 1. The second kappa shape index (κ2) is 5.79. The Labute approximate surface area is 144 Å². The number of aliphatic hydroxyl groups is 1. The minimum Gasteiger partial charge on any atom is -0.491 e. The van der Waals surface area contributed by atoms with Crippen molar-refractivity contribution in [3.8, 4) is 5.75 Å². The topological polar surface area (TPSA) is 74.7 Å². The monoisotopic (exact) mass is 353 g/mol. The summed E-state index contributed by atoms with van der Waals surface area (Å²) in [6.45, 7) is -0.325. The molecular formula is C17H21F2N3O3. The summed E-state index contributed by atoms with van der Waals surface area (Å²) >= 11 is 0. The number of rotatable bonds is 7. The van der Waals surface area contributed by atoms with Gasteiger partial charge >= 0.3 is 0 Å². The summed E-state index contributed by atoms with van der Waals surface area (Å²) in [4.78, 5) is 18.0. The number of carbonyl (C=O) groups is 1. The highest BCUT2D eigenvalue weighted by molar-refractivity contribution is 5.94. The van der Waals surface area contributed by atoms with E-state index >= 15 is 0 Å². The Hall–Kier alpha value is -1.96. The zero-order valence-corrected chi connectivity index (χ0v) is 13.8. The standard InChI is InChI=1S/C17H21F2N3O3/c18-17(19)8-22(9-17)13-6-20-12(5-14(13)25-7-11-1-2-11)15(24)21-16(10-23)3-4-16/h5-6,11,23H,1-4,7-10H2,(H,21,24). The van der Waals surface area contributed by atoms with Gasteiger partial charge in [-0.3, -0.25) is 4.79 Å². The van der Waals surface area contributed by atoms with Crippen molar-refractivity contribution < 1.29 is 23.4 Å². The van der Waals surface area contributed by atoms with Crippen LogP contribution in [-0.2, 0) is 0 Å². The van der Waals surface area contributed by atoms with Gasteiger partial charge in [0.2, 0.25) is 0 Å². The second-order valence-corrected chi connectivity index (χ2v) is 7.40. The van der Waals surface area contributed by atoms with Crippen LogP contribution in [0.4, 0.5) is 14.5 Å². The maximum atomic E-state index is 13.2. The number of alkyl halides is 2. The Bertz CT molecular complexity index is 682. The summed E-state index contributed by atoms with van der Waals surface area (Å²) in [5, 5.41) is 12.1. The lowest BCUT2D eigenvalue weighted by atomic mass is 10.1. The summed E-state index contributed by atoms with van der Waals surface area (Å²) in [5.41, 5.74) is 0.124. The van der Waals surface area contributed by atoms with Gasteiger partial charge < -0.3 is 20.1 Å². The van der Waals surface area contributed by atoms with Crippen molar-refractivity contribution in [2.24, 2.45) is 5.92 Å². The second-order valence-electron chi connectivity index (χ2n) is 7.40. The Morgan fingerprint density at radius 3 is 2.68 bits per heavy atom. The van der Waals surface area contributed by atoms with E-state index in [0.717, 1.165) is 25.7 Å². The van der Waals surface area contributed by atoms with Crippen molar-refractivity contribution in [3.05, 3.63) is 18.0 Å². The molecule has 0 radical (unpaired) electrons. The average Bonchev–Trinajstić information content (AvgIpc) is 3.46. The molecule has 25 heavy (non-hydrogen) atoms. The van der Waals surface area contributed by atoms with Crippen LogP contribution in [0.5, 0.6) is 5.75 Å². The van der Waals surface area contributed by atoms with Crippen molar-refractivity contribution in [3.63, 3.8) is 0 Å². The van der Waals surface area contributed by atoms with E-state index in [1.165, 1.54) is 17.2 Å². The van der Waals surface area contributed by atoms with Crippen molar-refractivity contribution in [1.82, 2.24) is 10.3 Å². The minimum absolute atomic E-state index is 0.106. The Balaban J connectivity index is 1.52. The van der Waals surface area contributed by atoms with Crippen LogP contribution < -0.4 is 15.0 Å². The minimum atomic E-state index is -2.69. The molecule has 1 aromatic heterocycles. The number of nitrogens with one attached hydrogen (secondary N) is 1. The first kappa shape index (κ1) is 16.5. The highest BCUT2D eigenvalue weighted by Crippen LogP contribution is 2.39. The Kier molecular flexibility index (Phi) is 3.82. The van der Waals surface area contributed by atoms with Gasteiger partial charge in [0.05, 0.1) is 43.7 Å². The summed E-state index contributed by atoms with van der Waals surface area (Å²) < 4.78 is 32.1. The van der Waals surface area contributed by atoms with E-state index in [1.807, 2.05) is 0 Å². The molecule has 0 bridgehead atoms. The van der Waals surface area contributed by atoms with E-state index in [9.17, 15) is 18.7 Å². The number of hydrogen-bond donors (Lipinski definition) is 2. The van der Waals surface area contributed by atoms with Gasteiger partial charge in [0.1, 0.15) is 11.4 Å². The van der Waals surface area contributed by atoms with Crippen LogP contribution in [-0.4, -0.2) is 53.8 Å². The summed E-state index contributed by atoms with van der Waals surface area (Å²) in [7, 11) is 0.